The summed E-state index contributed by atoms with van der Waals surface area (Å²) in [5.74, 6) is 1.06. The zero-order chi connectivity index (χ0) is 8.10. The first kappa shape index (κ1) is 8.20. The van der Waals surface area contributed by atoms with E-state index in [1.165, 1.54) is 0 Å². The van der Waals surface area contributed by atoms with Gasteiger partial charge in [-0.2, -0.15) is 5.10 Å². The summed E-state index contributed by atoms with van der Waals surface area (Å²) >= 11 is 0. The number of nitrogens with one attached hydrogen (secondary N) is 1. The molecule has 4 nitrogen and oxygen atoms in total. The number of hydrogen-bond donors (Lipinski definition) is 1. The van der Waals surface area contributed by atoms with Crippen molar-refractivity contribution in [3.05, 3.63) is 12.2 Å². The van der Waals surface area contributed by atoms with Crippen molar-refractivity contribution in [3.63, 3.8) is 0 Å². The van der Waals surface area contributed by atoms with Gasteiger partial charge in [0.15, 0.2) is 0 Å². The van der Waals surface area contributed by atoms with Crippen LogP contribution in [0.15, 0.2) is 6.33 Å². The fourth-order valence-electron chi connectivity index (χ4n) is 0.970. The van der Waals surface area contributed by atoms with Crippen LogP contribution in [0.4, 0.5) is 0 Å². The molecule has 1 heterocycles. The largest absolute Gasteiger partial charge is 0.320 e. The smallest absolute Gasteiger partial charge is 0.138 e. The van der Waals surface area contributed by atoms with E-state index in [9.17, 15) is 0 Å². The molecule has 1 N–H and O–H groups in total. The normalized spacial score (nSPS) is 10.4. The Morgan fingerprint density at radius 2 is 2.45 bits per heavy atom. The van der Waals surface area contributed by atoms with E-state index in [1.807, 2.05) is 18.8 Å². The van der Waals surface area contributed by atoms with Crippen molar-refractivity contribution in [2.24, 2.45) is 7.05 Å². The van der Waals surface area contributed by atoms with Gasteiger partial charge in [0.25, 0.3) is 0 Å². The van der Waals surface area contributed by atoms with Crippen molar-refractivity contribution >= 4 is 0 Å². The number of aryl methyl sites for hydroxylation is 2. The van der Waals surface area contributed by atoms with Gasteiger partial charge in [0, 0.05) is 13.5 Å². The van der Waals surface area contributed by atoms with Crippen LogP contribution >= 0.6 is 0 Å². The first-order chi connectivity index (χ1) is 5.34. The number of hydrogen-bond acceptors (Lipinski definition) is 3. The van der Waals surface area contributed by atoms with Gasteiger partial charge in [0.1, 0.15) is 12.2 Å². The highest BCUT2D eigenvalue weighted by atomic mass is 15.3. The highest BCUT2D eigenvalue weighted by Gasteiger charge is 1.97. The van der Waals surface area contributed by atoms with E-state index in [2.05, 4.69) is 15.4 Å². The minimum atomic E-state index is 0.997. The zero-order valence-corrected chi connectivity index (χ0v) is 7.04. The molecule has 0 radical (unpaired) electrons. The Morgan fingerprint density at radius 3 is 3.00 bits per heavy atom. The quantitative estimate of drug-likeness (QED) is 0.619. The van der Waals surface area contributed by atoms with Gasteiger partial charge in [0.05, 0.1) is 0 Å². The molecule has 1 aromatic heterocycles. The van der Waals surface area contributed by atoms with E-state index in [0.29, 0.717) is 0 Å². The molecule has 0 spiro atoms. The minimum Gasteiger partial charge on any atom is -0.320 e. The van der Waals surface area contributed by atoms with Gasteiger partial charge >= 0.3 is 0 Å². The minimum absolute atomic E-state index is 0.997. The molecule has 0 aliphatic carbocycles. The molecule has 62 valence electrons. The molecule has 0 unspecified atom stereocenters. The van der Waals surface area contributed by atoms with Gasteiger partial charge in [-0.25, -0.2) is 4.98 Å². The van der Waals surface area contributed by atoms with Gasteiger partial charge in [-0.05, 0) is 20.0 Å². The van der Waals surface area contributed by atoms with Crippen LogP contribution < -0.4 is 5.32 Å². The fraction of sp³-hybridized carbons (Fsp3) is 0.714. The maximum absolute atomic E-state index is 4.11. The molecule has 0 aliphatic rings. The molecule has 0 fully saturated rings. The third-order valence-electron chi connectivity index (χ3n) is 1.63. The summed E-state index contributed by atoms with van der Waals surface area (Å²) in [6.45, 7) is 1.03. The van der Waals surface area contributed by atoms with Crippen LogP contribution in [0.2, 0.25) is 0 Å². The topological polar surface area (TPSA) is 42.7 Å². The highest BCUT2D eigenvalue weighted by Crippen LogP contribution is 1.94. The Balaban J connectivity index is 2.32. The van der Waals surface area contributed by atoms with E-state index in [4.69, 9.17) is 0 Å². The predicted molar refractivity (Wildman–Crippen MR) is 43.3 cm³/mol. The summed E-state index contributed by atoms with van der Waals surface area (Å²) in [6, 6.07) is 0. The van der Waals surface area contributed by atoms with Gasteiger partial charge in [-0.15, -0.1) is 0 Å². The van der Waals surface area contributed by atoms with Crippen LogP contribution in [-0.2, 0) is 13.5 Å². The van der Waals surface area contributed by atoms with Gasteiger partial charge in [-0.1, -0.05) is 0 Å². The standard InChI is InChI=1S/C7H14N4/c1-8-5-3-4-7-9-6-10-11(7)2/h6,8H,3-5H2,1-2H3. The van der Waals surface area contributed by atoms with Crippen LogP contribution in [0.25, 0.3) is 0 Å². The highest BCUT2D eigenvalue weighted by molar-refractivity contribution is 4.82. The molecule has 0 saturated heterocycles. The van der Waals surface area contributed by atoms with Crippen molar-refractivity contribution in [2.45, 2.75) is 12.8 Å². The second kappa shape index (κ2) is 4.08. The van der Waals surface area contributed by atoms with Gasteiger partial charge < -0.3 is 5.32 Å². The Hall–Kier alpha value is -0.900. The SMILES string of the molecule is CNCCCc1ncnn1C. The van der Waals surface area contributed by atoms with Gasteiger partial charge in [0.2, 0.25) is 0 Å². The second-order valence-electron chi connectivity index (χ2n) is 2.51. The number of aromatic nitrogens is 3. The molecule has 0 aromatic carbocycles. The number of rotatable bonds is 4. The molecule has 0 bridgehead atoms. The average molecular weight is 154 g/mol. The van der Waals surface area contributed by atoms with Crippen molar-refractivity contribution < 1.29 is 0 Å². The van der Waals surface area contributed by atoms with Crippen LogP contribution in [0.1, 0.15) is 12.2 Å². The van der Waals surface area contributed by atoms with Crippen molar-refractivity contribution in [1.82, 2.24) is 20.1 Å². The second-order valence-corrected chi connectivity index (χ2v) is 2.51. The summed E-state index contributed by atoms with van der Waals surface area (Å²) in [7, 11) is 3.87. The third-order valence-corrected chi connectivity index (χ3v) is 1.63. The maximum Gasteiger partial charge on any atom is 0.138 e. The Labute approximate surface area is 66.6 Å². The lowest BCUT2D eigenvalue weighted by atomic mass is 10.3. The lowest BCUT2D eigenvalue weighted by Crippen LogP contribution is -2.10. The molecule has 0 aliphatic heterocycles. The number of nitrogens with zero attached hydrogens (tertiary/aromatic N) is 3. The van der Waals surface area contributed by atoms with Crippen LogP contribution in [0.5, 0.6) is 0 Å². The first-order valence-corrected chi connectivity index (χ1v) is 3.82. The molecule has 1 rings (SSSR count). The predicted octanol–water partition coefficient (Wildman–Crippen LogP) is -0.0329. The van der Waals surface area contributed by atoms with Crippen LogP contribution in [-0.4, -0.2) is 28.4 Å². The van der Waals surface area contributed by atoms with Crippen molar-refractivity contribution in [3.8, 4) is 0 Å². The van der Waals surface area contributed by atoms with E-state index in [1.54, 1.807) is 6.33 Å². The van der Waals surface area contributed by atoms with Crippen LogP contribution in [0.3, 0.4) is 0 Å². The molecule has 0 saturated carbocycles. The monoisotopic (exact) mass is 154 g/mol. The van der Waals surface area contributed by atoms with Crippen LogP contribution in [0, 0.1) is 0 Å². The lowest BCUT2D eigenvalue weighted by Gasteiger charge is -1.98. The first-order valence-electron chi connectivity index (χ1n) is 3.82. The summed E-state index contributed by atoms with van der Waals surface area (Å²) in [5, 5.41) is 7.07. The maximum atomic E-state index is 4.11. The van der Waals surface area contributed by atoms with E-state index >= 15 is 0 Å². The summed E-state index contributed by atoms with van der Waals surface area (Å²) in [6.07, 6.45) is 3.70. The van der Waals surface area contributed by atoms with E-state index in [-0.39, 0.29) is 0 Å². The van der Waals surface area contributed by atoms with E-state index < -0.39 is 0 Å². The molecule has 4 heteroatoms. The summed E-state index contributed by atoms with van der Waals surface area (Å²) in [4.78, 5) is 4.11. The summed E-state index contributed by atoms with van der Waals surface area (Å²) < 4.78 is 1.82. The molecule has 0 atom stereocenters. The van der Waals surface area contributed by atoms with Crippen molar-refractivity contribution in [1.29, 1.82) is 0 Å². The molecular formula is C7H14N4. The molecular weight excluding hydrogens is 140 g/mol. The zero-order valence-electron chi connectivity index (χ0n) is 7.04. The average Bonchev–Trinajstić information content (AvgIpc) is 2.37. The van der Waals surface area contributed by atoms with E-state index in [0.717, 1.165) is 25.2 Å². The lowest BCUT2D eigenvalue weighted by molar-refractivity contribution is 0.649. The van der Waals surface area contributed by atoms with Crippen molar-refractivity contribution in [2.75, 3.05) is 13.6 Å². The Bertz CT molecular complexity index is 206. The third kappa shape index (κ3) is 2.31. The molecule has 1 aromatic rings. The van der Waals surface area contributed by atoms with Gasteiger partial charge in [-0.3, -0.25) is 4.68 Å². The fourth-order valence-corrected chi connectivity index (χ4v) is 0.970. The Kier molecular flexibility index (Phi) is 3.04. The Morgan fingerprint density at radius 1 is 1.64 bits per heavy atom. The molecule has 11 heavy (non-hydrogen) atoms. The summed E-state index contributed by atoms with van der Waals surface area (Å²) in [5.41, 5.74) is 0. The molecule has 0 amide bonds.